The zero-order valence-electron chi connectivity index (χ0n) is 11.0. The summed E-state index contributed by atoms with van der Waals surface area (Å²) >= 11 is 11.3. The quantitative estimate of drug-likeness (QED) is 0.567. The summed E-state index contributed by atoms with van der Waals surface area (Å²) in [5.41, 5.74) is 0.521. The van der Waals surface area contributed by atoms with E-state index in [9.17, 15) is 14.6 Å². The molecule has 0 aromatic heterocycles. The number of carboxylic acids is 1. The van der Waals surface area contributed by atoms with E-state index in [4.69, 9.17) is 33.0 Å². The first kappa shape index (κ1) is 15.9. The summed E-state index contributed by atoms with van der Waals surface area (Å²) in [5, 5.41) is 21.5. The Kier molecular flexibility index (Phi) is 4.36. The summed E-state index contributed by atoms with van der Waals surface area (Å²) in [7, 11) is -1.39. The van der Waals surface area contributed by atoms with Gasteiger partial charge in [-0.15, -0.1) is 0 Å². The number of alkyl halides is 2. The minimum atomic E-state index is -1.64. The number of para-hydroxylation sites is 1. The van der Waals surface area contributed by atoms with E-state index in [-0.39, 0.29) is 17.7 Å². The molecule has 6 nitrogen and oxygen atoms in total. The number of carbonyl (C=O) groups is 2. The predicted octanol–water partition coefficient (Wildman–Crippen LogP) is 1.02. The molecule has 21 heavy (non-hydrogen) atoms. The Morgan fingerprint density at radius 2 is 2.14 bits per heavy atom. The van der Waals surface area contributed by atoms with E-state index < -0.39 is 29.3 Å². The van der Waals surface area contributed by atoms with Gasteiger partial charge in [0.15, 0.2) is 4.33 Å². The van der Waals surface area contributed by atoms with Crippen LogP contribution in [-0.4, -0.2) is 39.4 Å². The Labute approximate surface area is 131 Å². The van der Waals surface area contributed by atoms with Crippen LogP contribution >= 0.6 is 23.2 Å². The van der Waals surface area contributed by atoms with Crippen molar-refractivity contribution in [3.8, 4) is 5.75 Å². The average Bonchev–Trinajstić information content (AvgIpc) is 2.37. The molecule has 0 unspecified atom stereocenters. The molecule has 1 atom stereocenters. The van der Waals surface area contributed by atoms with Gasteiger partial charge in [-0.3, -0.25) is 4.79 Å². The second-order valence-corrected chi connectivity index (χ2v) is 6.49. The van der Waals surface area contributed by atoms with Gasteiger partial charge < -0.3 is 20.1 Å². The number of nitrogens with one attached hydrogen (secondary N) is 1. The average molecular weight is 332 g/mol. The van der Waals surface area contributed by atoms with Gasteiger partial charge in [-0.1, -0.05) is 35.3 Å². The molecule has 0 radical (unpaired) electrons. The Hall–Kier alpha value is -1.44. The van der Waals surface area contributed by atoms with Gasteiger partial charge in [0.05, 0.1) is 11.5 Å². The standard InChI is InChI=1S/C12H12BCl2NO5/c1-12(14,15)11(19)16-8-5-6-3-2-4-7(10(17)18)9(6)21-13(8)20/h2-4,8,20H,5H2,1H3,(H,16,19)(H,17,18)/t8-/m0/s1. The number of benzene rings is 1. The molecule has 0 fully saturated rings. The summed E-state index contributed by atoms with van der Waals surface area (Å²) in [5.74, 6) is -2.50. The summed E-state index contributed by atoms with van der Waals surface area (Å²) in [6.45, 7) is 1.30. The Morgan fingerprint density at radius 3 is 2.71 bits per heavy atom. The van der Waals surface area contributed by atoms with Crippen molar-refractivity contribution < 1.29 is 24.4 Å². The van der Waals surface area contributed by atoms with Crippen LogP contribution in [0.15, 0.2) is 18.2 Å². The third-order valence-corrected chi connectivity index (χ3v) is 3.41. The molecular formula is C12H12BCl2NO5. The van der Waals surface area contributed by atoms with Gasteiger partial charge in [0.2, 0.25) is 0 Å². The molecule has 1 heterocycles. The molecule has 0 bridgehead atoms. The third kappa shape index (κ3) is 3.43. The molecule has 3 N–H and O–H groups in total. The Morgan fingerprint density at radius 1 is 1.48 bits per heavy atom. The lowest BCUT2D eigenvalue weighted by Gasteiger charge is -2.29. The first-order valence-corrected chi connectivity index (χ1v) is 6.84. The van der Waals surface area contributed by atoms with Gasteiger partial charge in [-0.2, -0.15) is 0 Å². The van der Waals surface area contributed by atoms with Crippen LogP contribution in [0.2, 0.25) is 0 Å². The van der Waals surface area contributed by atoms with Crippen molar-refractivity contribution >= 4 is 42.2 Å². The second-order valence-electron chi connectivity index (χ2n) is 4.78. The first-order chi connectivity index (χ1) is 9.70. The molecule has 0 aliphatic carbocycles. The van der Waals surface area contributed by atoms with Crippen LogP contribution in [0.5, 0.6) is 5.75 Å². The molecule has 9 heteroatoms. The van der Waals surface area contributed by atoms with E-state index in [2.05, 4.69) is 5.32 Å². The fraction of sp³-hybridized carbons (Fsp3) is 0.333. The third-order valence-electron chi connectivity index (χ3n) is 3.06. The largest absolute Gasteiger partial charge is 0.547 e. The molecule has 0 saturated carbocycles. The van der Waals surface area contributed by atoms with Gasteiger partial charge >= 0.3 is 13.1 Å². The molecule has 2 rings (SSSR count). The van der Waals surface area contributed by atoms with Crippen LogP contribution < -0.4 is 9.97 Å². The van der Waals surface area contributed by atoms with Crippen molar-refractivity contribution in [3.63, 3.8) is 0 Å². The summed E-state index contributed by atoms with van der Waals surface area (Å²) in [6.07, 6.45) is 0.202. The molecule has 1 amide bonds. The maximum absolute atomic E-state index is 11.7. The van der Waals surface area contributed by atoms with E-state index in [1.54, 1.807) is 12.1 Å². The number of halogens is 2. The van der Waals surface area contributed by atoms with Crippen LogP contribution in [0, 0.1) is 0 Å². The van der Waals surface area contributed by atoms with Crippen LogP contribution in [-0.2, 0) is 11.2 Å². The maximum atomic E-state index is 11.7. The number of carboxylic acid groups (broad SMARTS) is 1. The lowest BCUT2D eigenvalue weighted by Crippen LogP contribution is -2.55. The minimum absolute atomic E-state index is 0.0455. The number of amides is 1. The molecule has 112 valence electrons. The van der Waals surface area contributed by atoms with Crippen molar-refractivity contribution in [1.29, 1.82) is 0 Å². The Bertz CT molecular complexity index is 590. The molecule has 1 aromatic carbocycles. The predicted molar refractivity (Wildman–Crippen MR) is 77.7 cm³/mol. The van der Waals surface area contributed by atoms with Crippen LogP contribution in [0.1, 0.15) is 22.8 Å². The van der Waals surface area contributed by atoms with Gasteiger partial charge in [-0.25, -0.2) is 4.79 Å². The van der Waals surface area contributed by atoms with Crippen LogP contribution in [0.3, 0.4) is 0 Å². The summed E-state index contributed by atoms with van der Waals surface area (Å²) in [4.78, 5) is 22.8. The fourth-order valence-electron chi connectivity index (χ4n) is 2.01. The zero-order valence-corrected chi connectivity index (χ0v) is 12.5. The molecule has 1 aromatic rings. The highest BCUT2D eigenvalue weighted by Gasteiger charge is 2.40. The monoisotopic (exact) mass is 331 g/mol. The van der Waals surface area contributed by atoms with Crippen LogP contribution in [0.4, 0.5) is 0 Å². The number of fused-ring (bicyclic) bond motifs is 1. The van der Waals surface area contributed by atoms with E-state index >= 15 is 0 Å². The van der Waals surface area contributed by atoms with Crippen molar-refractivity contribution in [3.05, 3.63) is 29.3 Å². The number of carbonyl (C=O) groups excluding carboxylic acids is 1. The minimum Gasteiger partial charge on any atom is -0.534 e. The smallest absolute Gasteiger partial charge is 0.534 e. The molecule has 0 spiro atoms. The fourth-order valence-corrected chi connectivity index (χ4v) is 2.12. The number of hydrogen-bond acceptors (Lipinski definition) is 4. The molecule has 1 aliphatic heterocycles. The van der Waals surface area contributed by atoms with Crippen LogP contribution in [0.25, 0.3) is 0 Å². The first-order valence-electron chi connectivity index (χ1n) is 6.09. The molecular weight excluding hydrogens is 320 g/mol. The highest BCUT2D eigenvalue weighted by molar-refractivity contribution is 6.58. The van der Waals surface area contributed by atoms with Crippen molar-refractivity contribution in [1.82, 2.24) is 5.32 Å². The molecule has 0 saturated heterocycles. The maximum Gasteiger partial charge on any atom is 0.547 e. The Balaban J connectivity index is 2.24. The lowest BCUT2D eigenvalue weighted by atomic mass is 9.72. The van der Waals surface area contributed by atoms with Gasteiger partial charge in [0.25, 0.3) is 5.91 Å². The van der Waals surface area contributed by atoms with Gasteiger partial charge in [0, 0.05) is 0 Å². The van der Waals surface area contributed by atoms with Crippen molar-refractivity contribution in [2.24, 2.45) is 0 Å². The summed E-state index contributed by atoms with van der Waals surface area (Å²) < 4.78 is 3.59. The van der Waals surface area contributed by atoms with Crippen molar-refractivity contribution in [2.75, 3.05) is 0 Å². The molecule has 1 aliphatic rings. The highest BCUT2D eigenvalue weighted by atomic mass is 35.5. The SMILES string of the molecule is CC(Cl)(Cl)C(=O)N[C@H]1Cc2cccc(C(=O)O)c2OB1O. The number of rotatable bonds is 3. The summed E-state index contributed by atoms with van der Waals surface area (Å²) in [6, 6.07) is 4.60. The van der Waals surface area contributed by atoms with E-state index in [0.29, 0.717) is 5.56 Å². The zero-order chi connectivity index (χ0) is 15.8. The second kappa shape index (κ2) is 5.75. The topological polar surface area (TPSA) is 95.9 Å². The van der Waals surface area contributed by atoms with E-state index in [1.807, 2.05) is 0 Å². The van der Waals surface area contributed by atoms with Crippen molar-refractivity contribution in [2.45, 2.75) is 23.6 Å². The lowest BCUT2D eigenvalue weighted by molar-refractivity contribution is -0.121. The van der Waals surface area contributed by atoms with Gasteiger partial charge in [-0.05, 0) is 25.0 Å². The van der Waals surface area contributed by atoms with E-state index in [0.717, 1.165) is 0 Å². The normalized spacial score (nSPS) is 17.7. The highest BCUT2D eigenvalue weighted by Crippen LogP contribution is 2.30. The number of hydrogen-bond donors (Lipinski definition) is 3. The number of aromatic carboxylic acids is 1. The van der Waals surface area contributed by atoms with E-state index in [1.165, 1.54) is 13.0 Å². The van der Waals surface area contributed by atoms with Gasteiger partial charge in [0.1, 0.15) is 5.75 Å².